The van der Waals surface area contributed by atoms with Gasteiger partial charge in [-0.25, -0.2) is 22.8 Å². The van der Waals surface area contributed by atoms with Crippen molar-refractivity contribution in [2.24, 2.45) is 5.41 Å². The van der Waals surface area contributed by atoms with Gasteiger partial charge >= 0.3 is 6.18 Å². The van der Waals surface area contributed by atoms with Crippen LogP contribution in [-0.2, 0) is 27.5 Å². The summed E-state index contributed by atoms with van der Waals surface area (Å²) in [6, 6.07) is 6.98. The van der Waals surface area contributed by atoms with Crippen molar-refractivity contribution in [2.45, 2.75) is 43.9 Å². The maximum atomic E-state index is 13.3. The lowest BCUT2D eigenvalue weighted by atomic mass is 9.90. The molecular weight excluding hydrogens is 514 g/mol. The largest absolute Gasteiger partial charge is 0.433 e. The van der Waals surface area contributed by atoms with E-state index in [1.807, 2.05) is 13.8 Å². The third-order valence-electron chi connectivity index (χ3n) is 5.92. The summed E-state index contributed by atoms with van der Waals surface area (Å²) in [7, 11) is -4.07. The highest BCUT2D eigenvalue weighted by molar-refractivity contribution is 7.89. The summed E-state index contributed by atoms with van der Waals surface area (Å²) >= 11 is 0. The van der Waals surface area contributed by atoms with E-state index in [0.717, 1.165) is 40.8 Å². The summed E-state index contributed by atoms with van der Waals surface area (Å²) < 4.78 is 79.2. The average Bonchev–Trinajstić information content (AvgIpc) is 3.19. The van der Waals surface area contributed by atoms with Crippen molar-refractivity contribution < 1.29 is 30.8 Å². The Morgan fingerprint density at radius 1 is 1.11 bits per heavy atom. The first-order valence-corrected chi connectivity index (χ1v) is 12.6. The Labute approximate surface area is 210 Å². The minimum atomic E-state index is -4.56. The zero-order valence-corrected chi connectivity index (χ0v) is 20.6. The molecule has 0 spiro atoms. The van der Waals surface area contributed by atoms with Gasteiger partial charge in [-0.05, 0) is 54.3 Å². The summed E-state index contributed by atoms with van der Waals surface area (Å²) in [5, 5.41) is 2.69. The highest BCUT2D eigenvalue weighted by Crippen LogP contribution is 2.37. The van der Waals surface area contributed by atoms with Gasteiger partial charge in [0.05, 0.1) is 22.8 Å². The highest BCUT2D eigenvalue weighted by atomic mass is 32.2. The Balaban J connectivity index is 1.49. The molecular formula is C24H23F4N5O3S. The molecule has 1 unspecified atom stereocenters. The normalized spacial score (nSPS) is 18.1. The van der Waals surface area contributed by atoms with Crippen molar-refractivity contribution in [3.05, 3.63) is 72.2 Å². The van der Waals surface area contributed by atoms with E-state index in [2.05, 4.69) is 20.3 Å². The third-order valence-corrected chi connectivity index (χ3v) is 7.79. The summed E-state index contributed by atoms with van der Waals surface area (Å²) in [6.45, 7) is 3.73. The second-order valence-corrected chi connectivity index (χ2v) is 11.3. The molecule has 1 fully saturated rings. The van der Waals surface area contributed by atoms with Crippen LogP contribution in [0.4, 0.5) is 17.6 Å². The van der Waals surface area contributed by atoms with Gasteiger partial charge in [0.15, 0.2) is 0 Å². The van der Waals surface area contributed by atoms with Crippen LogP contribution in [0.25, 0.3) is 11.3 Å². The quantitative estimate of drug-likeness (QED) is 0.480. The van der Waals surface area contributed by atoms with Crippen LogP contribution in [0, 0.1) is 11.2 Å². The third kappa shape index (κ3) is 5.93. The van der Waals surface area contributed by atoms with Crippen LogP contribution in [0.2, 0.25) is 0 Å². The summed E-state index contributed by atoms with van der Waals surface area (Å²) in [6.07, 6.45) is -2.04. The number of amides is 1. The Kier molecular flexibility index (Phi) is 7.04. The number of benzene rings is 1. The minimum absolute atomic E-state index is 0.0657. The van der Waals surface area contributed by atoms with Crippen molar-refractivity contribution in [1.29, 1.82) is 0 Å². The second kappa shape index (κ2) is 9.78. The van der Waals surface area contributed by atoms with Crippen molar-refractivity contribution in [2.75, 3.05) is 6.54 Å². The molecule has 1 N–H and O–H groups in total. The molecule has 13 heteroatoms. The lowest BCUT2D eigenvalue weighted by Gasteiger charge is -2.23. The predicted molar refractivity (Wildman–Crippen MR) is 125 cm³/mol. The smallest absolute Gasteiger partial charge is 0.349 e. The molecule has 2 aromatic heterocycles. The Hall–Kier alpha value is -3.45. The number of alkyl halides is 3. The summed E-state index contributed by atoms with van der Waals surface area (Å²) in [5.41, 5.74) is -0.506. The first-order chi connectivity index (χ1) is 17.3. The molecule has 196 valence electrons. The maximum Gasteiger partial charge on any atom is 0.433 e. The van der Waals surface area contributed by atoms with Crippen molar-refractivity contribution >= 4 is 15.9 Å². The van der Waals surface area contributed by atoms with E-state index in [9.17, 15) is 30.8 Å². The minimum Gasteiger partial charge on any atom is -0.349 e. The molecule has 0 saturated carbocycles. The van der Waals surface area contributed by atoms with E-state index in [1.165, 1.54) is 18.5 Å². The van der Waals surface area contributed by atoms with Crippen molar-refractivity contribution in [1.82, 2.24) is 24.6 Å². The fraction of sp³-hybridized carbons (Fsp3) is 0.333. The van der Waals surface area contributed by atoms with Crippen LogP contribution in [0.3, 0.4) is 0 Å². The lowest BCUT2D eigenvalue weighted by Crippen LogP contribution is -2.45. The van der Waals surface area contributed by atoms with E-state index in [1.54, 1.807) is 0 Å². The molecule has 1 aliphatic heterocycles. The van der Waals surface area contributed by atoms with Gasteiger partial charge in [0.2, 0.25) is 15.9 Å². The second-order valence-electron chi connectivity index (χ2n) is 9.43. The molecule has 37 heavy (non-hydrogen) atoms. The molecule has 0 radical (unpaired) electrons. The van der Waals surface area contributed by atoms with Crippen molar-refractivity contribution in [3.8, 4) is 11.3 Å². The number of pyridine rings is 1. The fourth-order valence-electron chi connectivity index (χ4n) is 4.10. The van der Waals surface area contributed by atoms with Gasteiger partial charge in [-0.2, -0.15) is 17.5 Å². The number of nitrogens with zero attached hydrogens (tertiary/aromatic N) is 4. The fourth-order valence-corrected chi connectivity index (χ4v) is 5.88. The van der Waals surface area contributed by atoms with Gasteiger partial charge in [0, 0.05) is 18.3 Å². The number of hydrogen-bond acceptors (Lipinski definition) is 6. The number of hydrogen-bond donors (Lipinski definition) is 1. The first-order valence-electron chi connectivity index (χ1n) is 11.2. The van der Waals surface area contributed by atoms with E-state index < -0.39 is 45.1 Å². The van der Waals surface area contributed by atoms with Gasteiger partial charge < -0.3 is 5.32 Å². The number of carbonyl (C=O) groups excluding carboxylic acids is 1. The molecule has 1 aromatic carbocycles. The summed E-state index contributed by atoms with van der Waals surface area (Å²) in [5.74, 6) is -1.11. The number of aromatic nitrogens is 3. The Morgan fingerprint density at radius 2 is 1.81 bits per heavy atom. The van der Waals surface area contributed by atoms with Crippen LogP contribution < -0.4 is 5.32 Å². The first kappa shape index (κ1) is 26.6. The Morgan fingerprint density at radius 3 is 2.43 bits per heavy atom. The monoisotopic (exact) mass is 537 g/mol. The zero-order chi connectivity index (χ0) is 27.0. The molecule has 4 rings (SSSR count). The molecule has 1 aliphatic rings. The van der Waals surface area contributed by atoms with Gasteiger partial charge in [-0.3, -0.25) is 9.78 Å². The average molecular weight is 538 g/mol. The Bertz CT molecular complexity index is 1400. The number of nitrogens with one attached hydrogen (secondary N) is 1. The van der Waals surface area contributed by atoms with E-state index in [0.29, 0.717) is 17.0 Å². The van der Waals surface area contributed by atoms with E-state index in [-0.39, 0.29) is 24.4 Å². The summed E-state index contributed by atoms with van der Waals surface area (Å²) in [4.78, 5) is 24.5. The predicted octanol–water partition coefficient (Wildman–Crippen LogP) is 3.80. The van der Waals surface area contributed by atoms with Crippen molar-refractivity contribution in [3.63, 3.8) is 0 Å². The molecule has 1 amide bonds. The SMILES string of the molecule is CC1(C)CC(C(=O)NCc2cc(-c3ccc(C(F)(F)F)nc3)ncn2)N(S(=O)(=O)c2ccc(F)cc2)C1. The van der Waals surface area contributed by atoms with Crippen LogP contribution in [-0.4, -0.2) is 46.2 Å². The number of rotatable bonds is 6. The molecule has 0 bridgehead atoms. The van der Waals surface area contributed by atoms with Gasteiger partial charge in [-0.1, -0.05) is 13.8 Å². The van der Waals surface area contributed by atoms with Gasteiger partial charge in [-0.15, -0.1) is 0 Å². The topological polar surface area (TPSA) is 105 Å². The van der Waals surface area contributed by atoms with Gasteiger partial charge in [0.25, 0.3) is 0 Å². The standard InChI is InChI=1S/C24H23F4N5O3S/c1-23(2)10-20(33(13-23)37(35,36)18-6-4-16(25)5-7-18)22(34)30-12-17-9-19(32-14-31-17)15-3-8-21(29-11-15)24(26,27)28/h3-9,11,14,20H,10,12-13H2,1-2H3,(H,30,34). The van der Waals surface area contributed by atoms with Crippen LogP contribution >= 0.6 is 0 Å². The number of carbonyl (C=O) groups is 1. The zero-order valence-electron chi connectivity index (χ0n) is 19.8. The van der Waals surface area contributed by atoms with E-state index in [4.69, 9.17) is 0 Å². The van der Waals surface area contributed by atoms with Gasteiger partial charge in [0.1, 0.15) is 23.9 Å². The molecule has 1 atom stereocenters. The highest BCUT2D eigenvalue weighted by Gasteiger charge is 2.47. The van der Waals surface area contributed by atoms with Crippen LogP contribution in [0.5, 0.6) is 0 Å². The van der Waals surface area contributed by atoms with E-state index >= 15 is 0 Å². The lowest BCUT2D eigenvalue weighted by molar-refractivity contribution is -0.141. The molecule has 8 nitrogen and oxygen atoms in total. The molecule has 3 aromatic rings. The molecule has 3 heterocycles. The molecule has 0 aliphatic carbocycles. The number of sulfonamides is 1. The maximum absolute atomic E-state index is 13.3. The van der Waals surface area contributed by atoms with Crippen LogP contribution in [0.1, 0.15) is 31.7 Å². The van der Waals surface area contributed by atoms with Crippen LogP contribution in [0.15, 0.2) is 59.9 Å². The number of halogens is 4. The molecule has 1 saturated heterocycles.